The van der Waals surface area contributed by atoms with Crippen molar-refractivity contribution in [3.8, 4) is 11.5 Å². The lowest BCUT2D eigenvalue weighted by Gasteiger charge is -2.37. The van der Waals surface area contributed by atoms with Gasteiger partial charge in [0.1, 0.15) is 11.5 Å². The Morgan fingerprint density at radius 1 is 0.765 bits per heavy atom. The Kier molecular flexibility index (Phi) is 12.2. The summed E-state index contributed by atoms with van der Waals surface area (Å²) in [7, 11) is 1.70. The van der Waals surface area contributed by atoms with Gasteiger partial charge in [-0.2, -0.15) is 0 Å². The van der Waals surface area contributed by atoms with Crippen LogP contribution in [0.3, 0.4) is 0 Å². The van der Waals surface area contributed by atoms with E-state index < -0.39 is 0 Å². The van der Waals surface area contributed by atoms with Crippen LogP contribution in [0.1, 0.15) is 109 Å². The Bertz CT molecular complexity index is 825. The highest BCUT2D eigenvalue weighted by Crippen LogP contribution is 2.42. The standard InChI is InChI=1S/C31H46O3/c1-6-7-8-9-10-11-12-13-14-15-16-25(2)31(4,27-17-21-29(33-5)22-18-27)28-19-23-30(24-20-28)34-26(3)32/h17-25H,6-16H2,1-5H3. The van der Waals surface area contributed by atoms with Gasteiger partial charge < -0.3 is 9.47 Å². The van der Waals surface area contributed by atoms with Crippen LogP contribution in [0.4, 0.5) is 0 Å². The summed E-state index contributed by atoms with van der Waals surface area (Å²) in [4.78, 5) is 11.3. The van der Waals surface area contributed by atoms with E-state index in [9.17, 15) is 4.79 Å². The summed E-state index contributed by atoms with van der Waals surface area (Å²) < 4.78 is 10.7. The number of carbonyl (C=O) groups excluding carboxylic acids is 1. The Labute approximate surface area is 208 Å². The molecule has 0 saturated heterocycles. The fraction of sp³-hybridized carbons (Fsp3) is 0.581. The van der Waals surface area contributed by atoms with Gasteiger partial charge in [0.2, 0.25) is 0 Å². The van der Waals surface area contributed by atoms with E-state index >= 15 is 0 Å². The van der Waals surface area contributed by atoms with Gasteiger partial charge in [-0.15, -0.1) is 0 Å². The Hall–Kier alpha value is -2.29. The minimum absolute atomic E-state index is 0.139. The first-order chi connectivity index (χ1) is 16.4. The highest BCUT2D eigenvalue weighted by molar-refractivity contribution is 5.69. The molecule has 0 N–H and O–H groups in total. The molecule has 2 aromatic rings. The van der Waals surface area contributed by atoms with Crippen LogP contribution in [0.25, 0.3) is 0 Å². The van der Waals surface area contributed by atoms with Crippen LogP contribution in [-0.2, 0) is 10.2 Å². The monoisotopic (exact) mass is 466 g/mol. The topological polar surface area (TPSA) is 35.5 Å². The van der Waals surface area contributed by atoms with Crippen molar-refractivity contribution in [3.05, 3.63) is 59.7 Å². The molecule has 2 aromatic carbocycles. The van der Waals surface area contributed by atoms with Crippen molar-refractivity contribution in [2.75, 3.05) is 7.11 Å². The van der Waals surface area contributed by atoms with Gasteiger partial charge in [0, 0.05) is 12.3 Å². The van der Waals surface area contributed by atoms with E-state index in [1.807, 2.05) is 24.3 Å². The third-order valence-electron chi connectivity index (χ3n) is 7.38. The van der Waals surface area contributed by atoms with Crippen LogP contribution in [0.15, 0.2) is 48.5 Å². The van der Waals surface area contributed by atoms with Crippen LogP contribution in [0.5, 0.6) is 11.5 Å². The summed E-state index contributed by atoms with van der Waals surface area (Å²) in [5, 5.41) is 0. The number of hydrogen-bond donors (Lipinski definition) is 0. The molecule has 0 heterocycles. The largest absolute Gasteiger partial charge is 0.497 e. The molecule has 0 aromatic heterocycles. The van der Waals surface area contributed by atoms with Crippen molar-refractivity contribution in [1.29, 1.82) is 0 Å². The zero-order valence-corrected chi connectivity index (χ0v) is 22.2. The number of ether oxygens (including phenoxy) is 2. The molecule has 3 heteroatoms. The highest BCUT2D eigenvalue weighted by Gasteiger charge is 2.34. The van der Waals surface area contributed by atoms with Gasteiger partial charge in [0.25, 0.3) is 0 Å². The quantitative estimate of drug-likeness (QED) is 0.141. The van der Waals surface area contributed by atoms with E-state index in [0.717, 1.165) is 5.75 Å². The average Bonchev–Trinajstić information content (AvgIpc) is 2.84. The molecule has 3 nitrogen and oxygen atoms in total. The van der Waals surface area contributed by atoms with Crippen molar-refractivity contribution in [3.63, 3.8) is 0 Å². The van der Waals surface area contributed by atoms with Crippen molar-refractivity contribution in [2.24, 2.45) is 5.92 Å². The Morgan fingerprint density at radius 3 is 1.65 bits per heavy atom. The van der Waals surface area contributed by atoms with Crippen LogP contribution < -0.4 is 9.47 Å². The summed E-state index contributed by atoms with van der Waals surface area (Å²) in [5.74, 6) is 1.64. The summed E-state index contributed by atoms with van der Waals surface area (Å²) in [5.41, 5.74) is 2.39. The van der Waals surface area contributed by atoms with Crippen LogP contribution in [0.2, 0.25) is 0 Å². The molecule has 0 spiro atoms. The van der Waals surface area contributed by atoms with E-state index in [2.05, 4.69) is 45.0 Å². The smallest absolute Gasteiger partial charge is 0.308 e. The van der Waals surface area contributed by atoms with Gasteiger partial charge in [-0.3, -0.25) is 4.79 Å². The van der Waals surface area contributed by atoms with Crippen LogP contribution >= 0.6 is 0 Å². The normalized spacial score (nSPS) is 13.8. The first-order valence-electron chi connectivity index (χ1n) is 13.3. The van der Waals surface area contributed by atoms with E-state index in [1.165, 1.54) is 88.7 Å². The number of benzene rings is 2. The molecular weight excluding hydrogens is 420 g/mol. The highest BCUT2D eigenvalue weighted by atomic mass is 16.5. The van der Waals surface area contributed by atoms with Crippen molar-refractivity contribution in [2.45, 2.75) is 104 Å². The molecule has 188 valence electrons. The third kappa shape index (κ3) is 8.49. The first-order valence-corrected chi connectivity index (χ1v) is 13.3. The lowest BCUT2D eigenvalue weighted by atomic mass is 9.66. The molecular formula is C31H46O3. The number of unbranched alkanes of at least 4 members (excludes halogenated alkanes) is 9. The zero-order chi connectivity index (χ0) is 24.8. The molecule has 0 amide bonds. The maximum absolute atomic E-state index is 11.3. The predicted octanol–water partition coefficient (Wildman–Crippen LogP) is 8.87. The third-order valence-corrected chi connectivity index (χ3v) is 7.38. The predicted molar refractivity (Wildman–Crippen MR) is 143 cm³/mol. The van der Waals surface area contributed by atoms with Crippen molar-refractivity contribution < 1.29 is 14.3 Å². The summed E-state index contributed by atoms with van der Waals surface area (Å²) in [6.07, 6.45) is 14.8. The minimum atomic E-state index is -0.292. The fourth-order valence-corrected chi connectivity index (χ4v) is 4.93. The van der Waals surface area contributed by atoms with Gasteiger partial charge >= 0.3 is 5.97 Å². The summed E-state index contributed by atoms with van der Waals surface area (Å²) in [6, 6.07) is 16.5. The number of esters is 1. The van der Waals surface area contributed by atoms with E-state index in [1.54, 1.807) is 7.11 Å². The Balaban J connectivity index is 2.01. The fourth-order valence-electron chi connectivity index (χ4n) is 4.93. The maximum Gasteiger partial charge on any atom is 0.308 e. The molecule has 0 aliphatic heterocycles. The van der Waals surface area contributed by atoms with Crippen LogP contribution in [-0.4, -0.2) is 13.1 Å². The summed E-state index contributed by atoms with van der Waals surface area (Å²) >= 11 is 0. The molecule has 0 radical (unpaired) electrons. The molecule has 2 rings (SSSR count). The van der Waals surface area contributed by atoms with Crippen LogP contribution in [0, 0.1) is 5.92 Å². The van der Waals surface area contributed by atoms with Crippen molar-refractivity contribution >= 4 is 5.97 Å². The number of methoxy groups -OCH3 is 1. The molecule has 0 fully saturated rings. The molecule has 0 bridgehead atoms. The number of carbonyl (C=O) groups is 1. The van der Waals surface area contributed by atoms with E-state index in [-0.39, 0.29) is 11.4 Å². The molecule has 0 saturated carbocycles. The lowest BCUT2D eigenvalue weighted by Crippen LogP contribution is -2.32. The molecule has 2 unspecified atom stereocenters. The molecule has 0 aliphatic rings. The summed E-state index contributed by atoms with van der Waals surface area (Å²) in [6.45, 7) is 8.43. The second kappa shape index (κ2) is 14.9. The van der Waals surface area contributed by atoms with Gasteiger partial charge in [0.15, 0.2) is 0 Å². The van der Waals surface area contributed by atoms with Gasteiger partial charge in [-0.05, 0) is 47.7 Å². The van der Waals surface area contributed by atoms with Gasteiger partial charge in [0.05, 0.1) is 7.11 Å². The zero-order valence-electron chi connectivity index (χ0n) is 22.2. The maximum atomic E-state index is 11.3. The SMILES string of the molecule is CCCCCCCCCCCCC(C)C(C)(c1ccc(OC)cc1)c1ccc(OC(C)=O)cc1. The minimum Gasteiger partial charge on any atom is -0.497 e. The van der Waals surface area contributed by atoms with E-state index in [4.69, 9.17) is 9.47 Å². The van der Waals surface area contributed by atoms with Crippen molar-refractivity contribution in [1.82, 2.24) is 0 Å². The number of rotatable bonds is 16. The average molecular weight is 467 g/mol. The van der Waals surface area contributed by atoms with Gasteiger partial charge in [-0.25, -0.2) is 0 Å². The lowest BCUT2D eigenvalue weighted by molar-refractivity contribution is -0.131. The Morgan fingerprint density at radius 2 is 1.21 bits per heavy atom. The van der Waals surface area contributed by atoms with E-state index in [0.29, 0.717) is 11.7 Å². The second-order valence-electron chi connectivity index (χ2n) is 9.92. The molecule has 2 atom stereocenters. The first kappa shape index (κ1) is 28.0. The molecule has 0 aliphatic carbocycles. The van der Waals surface area contributed by atoms with Gasteiger partial charge in [-0.1, -0.05) is 109 Å². The molecule has 34 heavy (non-hydrogen) atoms. The second-order valence-corrected chi connectivity index (χ2v) is 9.92. The number of hydrogen-bond acceptors (Lipinski definition) is 3.